The summed E-state index contributed by atoms with van der Waals surface area (Å²) in [5, 5.41) is 18.4. The molecule has 2 aromatic heterocycles. The van der Waals surface area contributed by atoms with Crippen LogP contribution in [0.5, 0.6) is 0 Å². The summed E-state index contributed by atoms with van der Waals surface area (Å²) in [6, 6.07) is 4.33. The fraction of sp³-hybridized carbons (Fsp3) is 0.111. The number of nitriles is 1. The first kappa shape index (κ1) is 21.9. The number of aromatic nitrogens is 3. The monoisotopic (exact) mass is 602 g/mol. The van der Waals surface area contributed by atoms with Crippen molar-refractivity contribution in [3.63, 3.8) is 0 Å². The van der Waals surface area contributed by atoms with E-state index in [9.17, 15) is 18.0 Å². The van der Waals surface area contributed by atoms with Gasteiger partial charge in [-0.3, -0.25) is 9.78 Å². The van der Waals surface area contributed by atoms with E-state index in [0.717, 1.165) is 6.20 Å². The van der Waals surface area contributed by atoms with Crippen LogP contribution in [0, 0.1) is 76.8 Å². The minimum atomic E-state index is -1.30. The van der Waals surface area contributed by atoms with E-state index in [1.165, 1.54) is 26.0 Å². The molecule has 0 bridgehead atoms. The Hall–Kier alpha value is -2.35. The summed E-state index contributed by atoms with van der Waals surface area (Å²) < 4.78 is 42.3. The van der Waals surface area contributed by atoms with E-state index in [4.69, 9.17) is 5.26 Å². The van der Waals surface area contributed by atoms with E-state index in [2.05, 4.69) is 20.5 Å². The van der Waals surface area contributed by atoms with Gasteiger partial charge in [-0.2, -0.15) is 5.26 Å². The fourth-order valence-electron chi connectivity index (χ4n) is 2.48. The Morgan fingerprint density at radius 2 is 2.04 bits per heavy atom. The van der Waals surface area contributed by atoms with Crippen LogP contribution in [0.1, 0.15) is 22.5 Å². The first-order chi connectivity index (χ1) is 12.8. The summed E-state index contributed by atoms with van der Waals surface area (Å²) in [6.45, 7) is 2.94. The van der Waals surface area contributed by atoms with Crippen LogP contribution >= 0.6 is 0 Å². The summed E-state index contributed by atoms with van der Waals surface area (Å²) in [5.74, 6) is -4.04. The molecule has 0 aliphatic rings. The van der Waals surface area contributed by atoms with Gasteiger partial charge in [0.1, 0.15) is 23.4 Å². The third-order valence-corrected chi connectivity index (χ3v) is 3.96. The number of rotatable bonds is 3. The number of hydrogen-bond acceptors (Lipinski definition) is 4. The van der Waals surface area contributed by atoms with Gasteiger partial charge in [0.25, 0.3) is 5.91 Å². The molecule has 28 heavy (non-hydrogen) atoms. The third-order valence-electron chi connectivity index (χ3n) is 3.96. The number of benzene rings is 1. The van der Waals surface area contributed by atoms with E-state index in [0.29, 0.717) is 11.8 Å². The van der Waals surface area contributed by atoms with Gasteiger partial charge in [-0.05, 0) is 25.3 Å². The number of nitrogens with one attached hydrogen (secondary N) is 1. The molecular weight excluding hydrogens is 591 g/mol. The molecule has 0 radical (unpaired) electrons. The molecule has 0 aliphatic heterocycles. The van der Waals surface area contributed by atoms with Crippen LogP contribution < -0.4 is 10.4 Å². The van der Waals surface area contributed by atoms with Crippen molar-refractivity contribution in [2.24, 2.45) is 0 Å². The van der Waals surface area contributed by atoms with Gasteiger partial charge in [-0.25, -0.2) is 13.2 Å². The van der Waals surface area contributed by atoms with Gasteiger partial charge in [-0.15, -0.1) is 0 Å². The number of aryl methyl sites for hydroxylation is 1. The number of hydrogen-bond donors (Lipinski definition) is 1. The van der Waals surface area contributed by atoms with Crippen molar-refractivity contribution in [3.05, 3.63) is 58.3 Å². The predicted octanol–water partition coefficient (Wildman–Crippen LogP) is 3.30. The summed E-state index contributed by atoms with van der Waals surface area (Å²) in [6.07, 6.45) is 1.68. The number of fused-ring (bicyclic) bond motifs is 1. The largest absolute Gasteiger partial charge is 0.571 e. The Morgan fingerprint density at radius 3 is 2.71 bits per heavy atom. The van der Waals surface area contributed by atoms with Gasteiger partial charge in [0, 0.05) is 51.1 Å². The zero-order chi connectivity index (χ0) is 19.7. The Bertz CT molecular complexity index is 1150. The summed E-state index contributed by atoms with van der Waals surface area (Å²) in [4.78, 5) is 15.8. The second-order valence-electron chi connectivity index (χ2n) is 5.66. The molecule has 0 saturated carbocycles. The molecule has 3 aromatic rings. The van der Waals surface area contributed by atoms with E-state index < -0.39 is 23.4 Å². The molecule has 0 atom stereocenters. The molecule has 2 heterocycles. The van der Waals surface area contributed by atoms with Crippen molar-refractivity contribution in [3.8, 4) is 6.07 Å². The molecule has 6 nitrogen and oxygen atoms in total. The average molecular weight is 602 g/mol. The zero-order valence-corrected chi connectivity index (χ0v) is 18.8. The molecule has 140 valence electrons. The van der Waals surface area contributed by atoms with Crippen LogP contribution in [0.15, 0.2) is 24.2 Å². The second-order valence-corrected chi connectivity index (χ2v) is 5.66. The molecular formula is C18H11F3N5OTh-. The second kappa shape index (κ2) is 8.77. The molecule has 0 fully saturated rings. The minimum Gasteiger partial charge on any atom is -0.571 e. The molecule has 0 aliphatic carbocycles. The maximum atomic E-state index is 14.4. The maximum absolute atomic E-state index is 14.4. The Labute approximate surface area is 189 Å². The molecule has 0 spiro atoms. The number of halogens is 3. The quantitative estimate of drug-likeness (QED) is 0.465. The number of carbonyl (C=O) groups excluding carboxylic acids is 1. The number of pyridine rings is 1. The molecule has 3 rings (SSSR count). The van der Waals surface area contributed by atoms with Gasteiger partial charge >= 0.3 is 0 Å². The van der Waals surface area contributed by atoms with Crippen molar-refractivity contribution in [2.75, 3.05) is 5.32 Å². The van der Waals surface area contributed by atoms with E-state index in [1.807, 2.05) is 0 Å². The predicted molar refractivity (Wildman–Crippen MR) is 91.1 cm³/mol. The van der Waals surface area contributed by atoms with Gasteiger partial charge < -0.3 is 15.5 Å². The van der Waals surface area contributed by atoms with Crippen molar-refractivity contribution >= 4 is 28.6 Å². The fourth-order valence-corrected chi connectivity index (χ4v) is 2.48. The van der Waals surface area contributed by atoms with Crippen molar-refractivity contribution < 1.29 is 57.9 Å². The van der Waals surface area contributed by atoms with Crippen LogP contribution in [-0.4, -0.2) is 16.0 Å². The van der Waals surface area contributed by atoms with Crippen LogP contribution in [0.25, 0.3) is 17.0 Å². The zero-order valence-electron chi connectivity index (χ0n) is 14.6. The smallest absolute Gasteiger partial charge is 0.284 e. The van der Waals surface area contributed by atoms with Crippen LogP contribution in [0.3, 0.4) is 0 Å². The number of amides is 1. The number of anilines is 1. The molecule has 10 heteroatoms. The van der Waals surface area contributed by atoms with Crippen LogP contribution in [-0.2, 0) is 4.79 Å². The number of nitrogens with zero attached hydrogens (tertiary/aromatic N) is 4. The van der Waals surface area contributed by atoms with Crippen LogP contribution in [0.2, 0.25) is 0 Å². The summed E-state index contributed by atoms with van der Waals surface area (Å²) in [7, 11) is 0. The first-order valence-electron chi connectivity index (χ1n) is 7.65. The van der Waals surface area contributed by atoms with E-state index in [1.54, 1.807) is 6.07 Å². The molecule has 0 saturated heterocycles. The average Bonchev–Trinajstić information content (AvgIpc) is 3.08. The summed E-state index contributed by atoms with van der Waals surface area (Å²) in [5.41, 5.74) is -0.0480. The van der Waals surface area contributed by atoms with Crippen molar-refractivity contribution in [1.82, 2.24) is 15.2 Å². The Kier molecular flexibility index (Phi) is 6.88. The third kappa shape index (κ3) is 4.06. The topological polar surface area (TPSA) is 92.8 Å². The normalized spacial score (nSPS) is 11.1. The Balaban J connectivity index is 0.00000280. The van der Waals surface area contributed by atoms with E-state index in [-0.39, 0.29) is 73.4 Å². The minimum absolute atomic E-state index is 0. The summed E-state index contributed by atoms with van der Waals surface area (Å²) >= 11 is 0. The molecule has 1 aromatic carbocycles. The van der Waals surface area contributed by atoms with Crippen molar-refractivity contribution in [2.45, 2.75) is 13.8 Å². The van der Waals surface area contributed by atoms with Gasteiger partial charge in [0.15, 0.2) is 5.83 Å². The van der Waals surface area contributed by atoms with Crippen LogP contribution in [0.4, 0.5) is 18.9 Å². The number of carbonyl (C=O) groups is 1. The maximum Gasteiger partial charge on any atom is 0.284 e. The molecule has 0 unspecified atom stereocenters. The first-order valence-corrected chi connectivity index (χ1v) is 7.65. The van der Waals surface area contributed by atoms with Gasteiger partial charge in [0.2, 0.25) is 0 Å². The van der Waals surface area contributed by atoms with Gasteiger partial charge in [0.05, 0.1) is 17.6 Å². The van der Waals surface area contributed by atoms with E-state index >= 15 is 0 Å². The molecule has 1 N–H and O–H groups in total. The SMILES string of the molecule is Cc1ncc(F)c(C)c1NC(=O)/C(F)=C/c1ccc2c(C#N)n[n-]c2c1F.[Th]. The Morgan fingerprint density at radius 1 is 1.32 bits per heavy atom. The van der Waals surface area contributed by atoms with Gasteiger partial charge in [-0.1, -0.05) is 17.6 Å². The standard InChI is InChI=1S/C18H12F3N5O.Th/c1-8-13(20)7-23-9(2)16(8)24-18(27)12(19)5-10-3-4-11-14(6-22)25-26-17(11)15(10)21;/h3-5,7,22H,1-2H3,(H,24,27);/p-1/b12-5-;. The van der Waals surface area contributed by atoms with Crippen molar-refractivity contribution in [1.29, 1.82) is 5.26 Å². The molecule has 1 amide bonds.